The Balaban J connectivity index is 2.51. The summed E-state index contributed by atoms with van der Waals surface area (Å²) in [4.78, 5) is 0. The van der Waals surface area contributed by atoms with Crippen molar-refractivity contribution in [2.45, 2.75) is 32.6 Å². The highest BCUT2D eigenvalue weighted by Gasteiger charge is 2.19. The molecule has 2 rings (SSSR count). The Hall–Kier alpha value is -1.84. The van der Waals surface area contributed by atoms with Crippen molar-refractivity contribution in [3.05, 3.63) is 35.8 Å². The normalized spacial score (nSPS) is 12.6. The number of nitrogens with zero attached hydrogens (tertiary/aromatic N) is 1. The Labute approximate surface area is 106 Å². The molecular formula is C14H18FN3. The summed E-state index contributed by atoms with van der Waals surface area (Å²) in [5, 5.41) is 6.97. The lowest BCUT2D eigenvalue weighted by Gasteiger charge is -2.11. The van der Waals surface area contributed by atoms with Crippen LogP contribution in [0.2, 0.25) is 0 Å². The zero-order chi connectivity index (χ0) is 13.1. The quantitative estimate of drug-likeness (QED) is 0.865. The number of benzene rings is 1. The van der Waals surface area contributed by atoms with Crippen LogP contribution in [0, 0.1) is 5.82 Å². The van der Waals surface area contributed by atoms with Gasteiger partial charge in [0.2, 0.25) is 0 Å². The first-order valence-corrected chi connectivity index (χ1v) is 6.23. The molecule has 1 aromatic carbocycles. The maximum absolute atomic E-state index is 13.9. The second kappa shape index (κ2) is 5.21. The monoisotopic (exact) mass is 247 g/mol. The van der Waals surface area contributed by atoms with Crippen molar-refractivity contribution in [2.75, 3.05) is 5.73 Å². The summed E-state index contributed by atoms with van der Waals surface area (Å²) in [6, 6.07) is 6.65. The Bertz CT molecular complexity index is 534. The molecule has 0 bridgehead atoms. The number of aromatic nitrogens is 2. The van der Waals surface area contributed by atoms with E-state index in [1.807, 2.05) is 0 Å². The highest BCUT2D eigenvalue weighted by atomic mass is 19.1. The van der Waals surface area contributed by atoms with Gasteiger partial charge in [-0.1, -0.05) is 38.5 Å². The average molecular weight is 247 g/mol. The predicted octanol–water partition coefficient (Wildman–Crippen LogP) is 3.70. The Morgan fingerprint density at radius 1 is 1.39 bits per heavy atom. The molecule has 0 fully saturated rings. The van der Waals surface area contributed by atoms with Crippen molar-refractivity contribution >= 4 is 5.82 Å². The number of anilines is 1. The van der Waals surface area contributed by atoms with Crippen molar-refractivity contribution in [1.82, 2.24) is 10.2 Å². The molecule has 0 saturated heterocycles. The molecule has 4 heteroatoms. The van der Waals surface area contributed by atoms with Crippen LogP contribution in [-0.2, 0) is 0 Å². The number of H-pyrrole nitrogens is 1. The summed E-state index contributed by atoms with van der Waals surface area (Å²) in [6.45, 7) is 4.22. The number of nitrogens with one attached hydrogen (secondary N) is 1. The third-order valence-corrected chi connectivity index (χ3v) is 3.18. The molecule has 0 aliphatic heterocycles. The van der Waals surface area contributed by atoms with Gasteiger partial charge in [0, 0.05) is 16.8 Å². The molecular weight excluding hydrogens is 229 g/mol. The van der Waals surface area contributed by atoms with Crippen LogP contribution in [0.1, 0.15) is 38.3 Å². The third kappa shape index (κ3) is 2.23. The van der Waals surface area contributed by atoms with Crippen molar-refractivity contribution in [3.8, 4) is 11.1 Å². The smallest absolute Gasteiger partial charge is 0.153 e. The van der Waals surface area contributed by atoms with Gasteiger partial charge in [-0.15, -0.1) is 0 Å². The molecule has 2 aromatic rings. The standard InChI is InChI=1S/C14H18FN3/c1-3-6-9(2)13-12(14(16)18-17-13)10-7-4-5-8-11(10)15/h4-5,7-9H,3,6H2,1-2H3,(H3,16,17,18). The van der Waals surface area contributed by atoms with Crippen LogP contribution in [-0.4, -0.2) is 10.2 Å². The summed E-state index contributed by atoms with van der Waals surface area (Å²) in [6.07, 6.45) is 2.08. The maximum atomic E-state index is 13.9. The van der Waals surface area contributed by atoms with Gasteiger partial charge in [0.25, 0.3) is 0 Å². The predicted molar refractivity (Wildman–Crippen MR) is 71.7 cm³/mol. The van der Waals surface area contributed by atoms with Crippen LogP contribution >= 0.6 is 0 Å². The van der Waals surface area contributed by atoms with Gasteiger partial charge in [-0.2, -0.15) is 5.10 Å². The summed E-state index contributed by atoms with van der Waals surface area (Å²) in [5.74, 6) is 0.378. The largest absolute Gasteiger partial charge is 0.382 e. The van der Waals surface area contributed by atoms with Crippen LogP contribution in [0.5, 0.6) is 0 Å². The molecule has 96 valence electrons. The highest BCUT2D eigenvalue weighted by molar-refractivity contribution is 5.77. The molecule has 3 N–H and O–H groups in total. The minimum absolute atomic E-state index is 0.268. The van der Waals surface area contributed by atoms with Crippen molar-refractivity contribution in [3.63, 3.8) is 0 Å². The van der Waals surface area contributed by atoms with E-state index in [1.165, 1.54) is 6.07 Å². The van der Waals surface area contributed by atoms with E-state index in [-0.39, 0.29) is 11.7 Å². The van der Waals surface area contributed by atoms with E-state index < -0.39 is 0 Å². The van der Waals surface area contributed by atoms with Gasteiger partial charge in [0.1, 0.15) is 5.82 Å². The summed E-state index contributed by atoms with van der Waals surface area (Å²) in [5.41, 5.74) is 8.00. The molecule has 3 nitrogen and oxygen atoms in total. The van der Waals surface area contributed by atoms with Crippen LogP contribution < -0.4 is 5.73 Å². The van der Waals surface area contributed by atoms with Crippen LogP contribution in [0.3, 0.4) is 0 Å². The number of nitrogen functional groups attached to an aromatic ring is 1. The summed E-state index contributed by atoms with van der Waals surface area (Å²) in [7, 11) is 0. The van der Waals surface area contributed by atoms with Crippen LogP contribution in [0.15, 0.2) is 24.3 Å². The van der Waals surface area contributed by atoms with Gasteiger partial charge >= 0.3 is 0 Å². The first-order valence-electron chi connectivity index (χ1n) is 6.23. The van der Waals surface area contributed by atoms with Gasteiger partial charge in [0.15, 0.2) is 5.82 Å². The molecule has 1 aromatic heterocycles. The molecule has 0 aliphatic carbocycles. The van der Waals surface area contributed by atoms with Gasteiger partial charge in [0.05, 0.1) is 0 Å². The van der Waals surface area contributed by atoms with Gasteiger partial charge < -0.3 is 5.73 Å². The first-order chi connectivity index (χ1) is 8.65. The van der Waals surface area contributed by atoms with Gasteiger partial charge in [-0.3, -0.25) is 5.10 Å². The molecule has 0 aliphatic rings. The van der Waals surface area contributed by atoms with Gasteiger partial charge in [-0.25, -0.2) is 4.39 Å². The molecule has 1 atom stereocenters. The third-order valence-electron chi connectivity index (χ3n) is 3.18. The fraction of sp³-hybridized carbons (Fsp3) is 0.357. The summed E-state index contributed by atoms with van der Waals surface area (Å²) >= 11 is 0. The molecule has 0 saturated carbocycles. The molecule has 1 heterocycles. The van der Waals surface area contributed by atoms with E-state index in [2.05, 4.69) is 24.0 Å². The van der Waals surface area contributed by atoms with E-state index in [0.29, 0.717) is 16.9 Å². The maximum Gasteiger partial charge on any atom is 0.153 e. The van der Waals surface area contributed by atoms with E-state index in [4.69, 9.17) is 5.73 Å². The number of rotatable bonds is 4. The Morgan fingerprint density at radius 2 is 2.11 bits per heavy atom. The number of halogens is 1. The Morgan fingerprint density at radius 3 is 2.78 bits per heavy atom. The van der Waals surface area contributed by atoms with E-state index in [1.54, 1.807) is 18.2 Å². The van der Waals surface area contributed by atoms with Crippen LogP contribution in [0.25, 0.3) is 11.1 Å². The van der Waals surface area contributed by atoms with Crippen LogP contribution in [0.4, 0.5) is 10.2 Å². The topological polar surface area (TPSA) is 54.7 Å². The van der Waals surface area contributed by atoms with E-state index >= 15 is 0 Å². The fourth-order valence-electron chi connectivity index (χ4n) is 2.25. The molecule has 1 unspecified atom stereocenters. The number of aromatic amines is 1. The van der Waals surface area contributed by atoms with Gasteiger partial charge in [-0.05, 0) is 18.4 Å². The van der Waals surface area contributed by atoms with Crippen molar-refractivity contribution in [2.24, 2.45) is 0 Å². The zero-order valence-corrected chi connectivity index (χ0v) is 10.7. The molecule has 0 spiro atoms. The SMILES string of the molecule is CCCC(C)c1[nH]nc(N)c1-c1ccccc1F. The van der Waals surface area contributed by atoms with E-state index in [0.717, 1.165) is 18.5 Å². The lowest BCUT2D eigenvalue weighted by molar-refractivity contribution is 0.627. The fourth-order valence-corrected chi connectivity index (χ4v) is 2.25. The summed E-state index contributed by atoms with van der Waals surface area (Å²) < 4.78 is 13.9. The minimum atomic E-state index is -0.268. The lowest BCUT2D eigenvalue weighted by atomic mass is 9.94. The number of nitrogens with two attached hydrogens (primary N) is 1. The molecule has 18 heavy (non-hydrogen) atoms. The number of hydrogen-bond acceptors (Lipinski definition) is 2. The highest BCUT2D eigenvalue weighted by Crippen LogP contribution is 2.35. The first kappa shape index (κ1) is 12.6. The second-order valence-corrected chi connectivity index (χ2v) is 4.57. The average Bonchev–Trinajstić information content (AvgIpc) is 2.72. The van der Waals surface area contributed by atoms with Crippen molar-refractivity contribution < 1.29 is 4.39 Å². The zero-order valence-electron chi connectivity index (χ0n) is 10.7. The second-order valence-electron chi connectivity index (χ2n) is 4.57. The molecule has 0 amide bonds. The molecule has 0 radical (unpaired) electrons. The van der Waals surface area contributed by atoms with Crippen molar-refractivity contribution in [1.29, 1.82) is 0 Å². The lowest BCUT2D eigenvalue weighted by Crippen LogP contribution is -1.98. The Kier molecular flexibility index (Phi) is 3.65. The number of hydrogen-bond donors (Lipinski definition) is 2. The van der Waals surface area contributed by atoms with E-state index in [9.17, 15) is 4.39 Å². The minimum Gasteiger partial charge on any atom is -0.382 e.